The molecule has 7 nitrogen and oxygen atoms in total. The number of carbonyl (C=O) groups is 2. The highest BCUT2D eigenvalue weighted by Gasteiger charge is 2.13. The van der Waals surface area contributed by atoms with E-state index in [1.165, 1.54) is 23.6 Å². The lowest BCUT2D eigenvalue weighted by Gasteiger charge is -2.07. The number of carbonyl (C=O) groups excluding carboxylic acids is 2. The normalized spacial score (nSPS) is 10.8. The molecular formula is C14H10Cl2N4O3S. The predicted octanol–water partition coefficient (Wildman–Crippen LogP) is 2.82. The standard InChI is InChI=1S/C14H10Cl2N4O3S/c15-8-3-10(16)13(17-5-8)19-11(21)7-23-12(22)4-9-6-20-1-2-24-14(20)18-9/h1-3,5-6H,4,7H2,(H,17,19,21). The summed E-state index contributed by atoms with van der Waals surface area (Å²) < 4.78 is 6.74. The van der Waals surface area contributed by atoms with Crippen LogP contribution in [0.1, 0.15) is 5.69 Å². The van der Waals surface area contributed by atoms with E-state index in [1.807, 2.05) is 16.0 Å². The Morgan fingerprint density at radius 3 is 2.96 bits per heavy atom. The SMILES string of the molecule is O=C(COC(=O)Cc1cn2ccsc2n1)Nc1ncc(Cl)cc1Cl. The van der Waals surface area contributed by atoms with Gasteiger partial charge in [0.1, 0.15) is 0 Å². The van der Waals surface area contributed by atoms with Gasteiger partial charge in [-0.3, -0.25) is 14.0 Å². The number of nitrogens with zero attached hydrogens (tertiary/aromatic N) is 3. The Kier molecular flexibility index (Phi) is 4.98. The summed E-state index contributed by atoms with van der Waals surface area (Å²) in [5.41, 5.74) is 0.578. The summed E-state index contributed by atoms with van der Waals surface area (Å²) in [6, 6.07) is 1.45. The van der Waals surface area contributed by atoms with E-state index in [0.717, 1.165) is 4.96 Å². The molecule has 0 aliphatic carbocycles. The van der Waals surface area contributed by atoms with E-state index < -0.39 is 18.5 Å². The number of amides is 1. The molecule has 3 rings (SSSR count). The van der Waals surface area contributed by atoms with Gasteiger partial charge in [0.05, 0.1) is 22.2 Å². The molecule has 0 unspecified atom stereocenters. The summed E-state index contributed by atoms with van der Waals surface area (Å²) in [6.45, 7) is -0.443. The molecule has 0 aliphatic rings. The molecule has 0 aromatic carbocycles. The third-order valence-electron chi connectivity index (χ3n) is 2.90. The average molecular weight is 385 g/mol. The molecule has 0 saturated carbocycles. The van der Waals surface area contributed by atoms with Gasteiger partial charge in [0, 0.05) is 24.0 Å². The van der Waals surface area contributed by atoms with E-state index in [0.29, 0.717) is 10.7 Å². The van der Waals surface area contributed by atoms with Crippen molar-refractivity contribution >= 4 is 57.2 Å². The van der Waals surface area contributed by atoms with Crippen molar-refractivity contribution in [2.75, 3.05) is 11.9 Å². The number of nitrogens with one attached hydrogen (secondary N) is 1. The molecule has 124 valence electrons. The Morgan fingerprint density at radius 2 is 2.21 bits per heavy atom. The molecule has 0 bridgehead atoms. The van der Waals surface area contributed by atoms with Crippen LogP contribution in [0.5, 0.6) is 0 Å². The van der Waals surface area contributed by atoms with Gasteiger partial charge in [-0.05, 0) is 6.07 Å². The van der Waals surface area contributed by atoms with E-state index >= 15 is 0 Å². The van der Waals surface area contributed by atoms with Crippen molar-refractivity contribution in [3.63, 3.8) is 0 Å². The molecule has 0 spiro atoms. The molecule has 3 aromatic heterocycles. The Morgan fingerprint density at radius 1 is 1.38 bits per heavy atom. The van der Waals surface area contributed by atoms with Gasteiger partial charge < -0.3 is 10.1 Å². The Balaban J connectivity index is 1.50. The zero-order valence-electron chi connectivity index (χ0n) is 12.0. The van der Waals surface area contributed by atoms with E-state index in [9.17, 15) is 9.59 Å². The van der Waals surface area contributed by atoms with Crippen LogP contribution in [0.4, 0.5) is 5.82 Å². The quantitative estimate of drug-likeness (QED) is 0.683. The second-order valence-corrected chi connectivity index (χ2v) is 6.41. The summed E-state index contributed by atoms with van der Waals surface area (Å²) in [6.07, 6.45) is 4.92. The number of thiazole rings is 1. The summed E-state index contributed by atoms with van der Waals surface area (Å²) in [5, 5.41) is 4.88. The highest BCUT2D eigenvalue weighted by Crippen LogP contribution is 2.22. The second-order valence-electron chi connectivity index (χ2n) is 4.69. The van der Waals surface area contributed by atoms with Crippen molar-refractivity contribution in [1.82, 2.24) is 14.4 Å². The Hall–Kier alpha value is -2.16. The summed E-state index contributed by atoms with van der Waals surface area (Å²) in [5.74, 6) is -0.951. The number of ether oxygens (including phenoxy) is 1. The molecule has 0 aliphatic heterocycles. The number of fused-ring (bicyclic) bond motifs is 1. The number of rotatable bonds is 5. The van der Waals surface area contributed by atoms with Gasteiger partial charge in [0.25, 0.3) is 5.91 Å². The number of esters is 1. The maximum Gasteiger partial charge on any atom is 0.312 e. The van der Waals surface area contributed by atoms with E-state index in [1.54, 1.807) is 6.20 Å². The van der Waals surface area contributed by atoms with Crippen molar-refractivity contribution in [1.29, 1.82) is 0 Å². The van der Waals surface area contributed by atoms with Gasteiger partial charge >= 0.3 is 5.97 Å². The van der Waals surface area contributed by atoms with Crippen molar-refractivity contribution in [3.05, 3.63) is 45.8 Å². The van der Waals surface area contributed by atoms with Crippen LogP contribution in [0.2, 0.25) is 10.0 Å². The van der Waals surface area contributed by atoms with Crippen molar-refractivity contribution in [3.8, 4) is 0 Å². The van der Waals surface area contributed by atoms with Crippen molar-refractivity contribution in [2.24, 2.45) is 0 Å². The topological polar surface area (TPSA) is 85.6 Å². The van der Waals surface area contributed by atoms with E-state index in [-0.39, 0.29) is 17.3 Å². The van der Waals surface area contributed by atoms with Crippen molar-refractivity contribution in [2.45, 2.75) is 6.42 Å². The number of aromatic nitrogens is 3. The van der Waals surface area contributed by atoms with Gasteiger partial charge in [-0.15, -0.1) is 11.3 Å². The number of imidazole rings is 1. The van der Waals surface area contributed by atoms with Gasteiger partial charge in [0.15, 0.2) is 17.4 Å². The van der Waals surface area contributed by atoms with Crippen LogP contribution in [0.3, 0.4) is 0 Å². The average Bonchev–Trinajstić information content (AvgIpc) is 3.09. The Labute approximate surface area is 150 Å². The molecular weight excluding hydrogens is 375 g/mol. The highest BCUT2D eigenvalue weighted by atomic mass is 35.5. The monoisotopic (exact) mass is 384 g/mol. The largest absolute Gasteiger partial charge is 0.455 e. The van der Waals surface area contributed by atoms with Crippen LogP contribution in [-0.2, 0) is 20.7 Å². The first kappa shape index (κ1) is 16.7. The summed E-state index contributed by atoms with van der Waals surface area (Å²) in [7, 11) is 0. The maximum atomic E-state index is 11.8. The first-order valence-electron chi connectivity index (χ1n) is 6.69. The molecule has 3 heterocycles. The van der Waals surface area contributed by atoms with Crippen molar-refractivity contribution < 1.29 is 14.3 Å². The van der Waals surface area contributed by atoms with Crippen LogP contribution in [0, 0.1) is 0 Å². The maximum absolute atomic E-state index is 11.8. The lowest BCUT2D eigenvalue weighted by Crippen LogP contribution is -2.22. The lowest BCUT2D eigenvalue weighted by molar-refractivity contribution is -0.146. The van der Waals surface area contributed by atoms with Crippen LogP contribution >= 0.6 is 34.5 Å². The Bertz CT molecular complexity index is 880. The molecule has 24 heavy (non-hydrogen) atoms. The molecule has 0 fully saturated rings. The fraction of sp³-hybridized carbons (Fsp3) is 0.143. The van der Waals surface area contributed by atoms with Crippen LogP contribution in [-0.4, -0.2) is 32.9 Å². The molecule has 10 heteroatoms. The third kappa shape index (κ3) is 4.02. The number of hydrogen-bond acceptors (Lipinski definition) is 6. The lowest BCUT2D eigenvalue weighted by atomic mass is 10.3. The van der Waals surface area contributed by atoms with Gasteiger partial charge in [-0.25, -0.2) is 9.97 Å². The van der Waals surface area contributed by atoms with Gasteiger partial charge in [-0.2, -0.15) is 0 Å². The predicted molar refractivity (Wildman–Crippen MR) is 90.6 cm³/mol. The second kappa shape index (κ2) is 7.16. The number of halogens is 2. The van der Waals surface area contributed by atoms with Crippen LogP contribution < -0.4 is 5.32 Å². The fourth-order valence-electron chi connectivity index (χ4n) is 1.88. The smallest absolute Gasteiger partial charge is 0.312 e. The molecule has 0 saturated heterocycles. The third-order valence-corrected chi connectivity index (χ3v) is 4.16. The minimum atomic E-state index is -0.550. The minimum Gasteiger partial charge on any atom is -0.455 e. The van der Waals surface area contributed by atoms with Gasteiger partial charge in [0.2, 0.25) is 0 Å². The number of hydrogen-bond donors (Lipinski definition) is 1. The van der Waals surface area contributed by atoms with E-state index in [4.69, 9.17) is 27.9 Å². The first-order chi connectivity index (χ1) is 11.5. The van der Waals surface area contributed by atoms with Gasteiger partial charge in [-0.1, -0.05) is 23.2 Å². The zero-order valence-corrected chi connectivity index (χ0v) is 14.4. The molecule has 0 atom stereocenters. The minimum absolute atomic E-state index is 0.0123. The van der Waals surface area contributed by atoms with E-state index in [2.05, 4.69) is 15.3 Å². The highest BCUT2D eigenvalue weighted by molar-refractivity contribution is 7.15. The number of anilines is 1. The van der Waals surface area contributed by atoms with Crippen LogP contribution in [0.15, 0.2) is 30.0 Å². The molecule has 3 aromatic rings. The number of pyridine rings is 1. The summed E-state index contributed by atoms with van der Waals surface area (Å²) >= 11 is 13.1. The molecule has 1 amide bonds. The first-order valence-corrected chi connectivity index (χ1v) is 8.32. The van der Waals surface area contributed by atoms with Crippen LogP contribution in [0.25, 0.3) is 4.96 Å². The summed E-state index contributed by atoms with van der Waals surface area (Å²) in [4.78, 5) is 32.5. The zero-order chi connectivity index (χ0) is 17.1. The molecule has 0 radical (unpaired) electrons. The molecule has 1 N–H and O–H groups in total. The fourth-order valence-corrected chi connectivity index (χ4v) is 3.03.